The van der Waals surface area contributed by atoms with Gasteiger partial charge in [0.15, 0.2) is 0 Å². The van der Waals surface area contributed by atoms with Crippen LogP contribution >= 0.6 is 0 Å². The molecule has 0 spiro atoms. The molecule has 0 bridgehead atoms. The second-order valence-electron chi connectivity index (χ2n) is 7.07. The van der Waals surface area contributed by atoms with Crippen LogP contribution in [0.2, 0.25) is 0 Å². The summed E-state index contributed by atoms with van der Waals surface area (Å²) in [4.78, 5) is 29.7. The molecule has 3 heterocycles. The van der Waals surface area contributed by atoms with Gasteiger partial charge in [0, 0.05) is 58.9 Å². The first-order valence-electron chi connectivity index (χ1n) is 8.92. The summed E-state index contributed by atoms with van der Waals surface area (Å²) in [6, 6.07) is 0. The number of aryl methyl sites for hydroxylation is 1. The first kappa shape index (κ1) is 17.9. The van der Waals surface area contributed by atoms with Crippen molar-refractivity contribution in [3.8, 4) is 0 Å². The zero-order valence-electron chi connectivity index (χ0n) is 15.0. The topological polar surface area (TPSA) is 81.9 Å². The minimum absolute atomic E-state index is 0.0722. The number of rotatable bonds is 4. The molecule has 8 nitrogen and oxygen atoms in total. The Bertz CT molecular complexity index is 638. The van der Waals surface area contributed by atoms with Crippen LogP contribution in [0.5, 0.6) is 0 Å². The number of carbonyl (C=O) groups excluding carboxylic acids is 2. The molecular weight excluding hydrogens is 322 g/mol. The summed E-state index contributed by atoms with van der Waals surface area (Å²) in [5.74, 6) is 0.0284. The zero-order valence-corrected chi connectivity index (χ0v) is 15.0. The van der Waals surface area contributed by atoms with Gasteiger partial charge in [-0.05, 0) is 13.3 Å². The fourth-order valence-corrected chi connectivity index (χ4v) is 3.63. The standard InChI is InChI=1S/C17H27N5O3/c1-3-22-11-15(10-18-22)16(24)21-5-4-17(25,13-21)12-19-6-8-20(9-7-19)14(2)23/h10-11,25H,3-9,12-13H2,1-2H3. The van der Waals surface area contributed by atoms with Crippen molar-refractivity contribution in [2.24, 2.45) is 0 Å². The number of amides is 2. The Kier molecular flexibility index (Phi) is 5.10. The van der Waals surface area contributed by atoms with Gasteiger partial charge >= 0.3 is 0 Å². The second-order valence-corrected chi connectivity index (χ2v) is 7.07. The smallest absolute Gasteiger partial charge is 0.257 e. The molecule has 1 atom stereocenters. The van der Waals surface area contributed by atoms with Crippen LogP contribution in [0.1, 0.15) is 30.6 Å². The highest BCUT2D eigenvalue weighted by atomic mass is 16.3. The Hall–Kier alpha value is -1.93. The van der Waals surface area contributed by atoms with Crippen LogP contribution in [0.4, 0.5) is 0 Å². The molecule has 0 radical (unpaired) electrons. The van der Waals surface area contributed by atoms with Crippen molar-refractivity contribution in [1.29, 1.82) is 0 Å². The fraction of sp³-hybridized carbons (Fsp3) is 0.706. The van der Waals surface area contributed by atoms with Crippen molar-refractivity contribution >= 4 is 11.8 Å². The molecule has 8 heteroatoms. The minimum Gasteiger partial charge on any atom is -0.387 e. The van der Waals surface area contributed by atoms with E-state index < -0.39 is 5.60 Å². The first-order valence-corrected chi connectivity index (χ1v) is 8.92. The van der Waals surface area contributed by atoms with E-state index in [4.69, 9.17) is 0 Å². The molecule has 2 saturated heterocycles. The molecule has 2 aliphatic heterocycles. The van der Waals surface area contributed by atoms with E-state index in [-0.39, 0.29) is 11.8 Å². The predicted molar refractivity (Wildman–Crippen MR) is 92.1 cm³/mol. The summed E-state index contributed by atoms with van der Waals surface area (Å²) in [5.41, 5.74) is -0.310. The summed E-state index contributed by atoms with van der Waals surface area (Å²) >= 11 is 0. The van der Waals surface area contributed by atoms with E-state index in [0.29, 0.717) is 44.7 Å². The van der Waals surface area contributed by atoms with Crippen molar-refractivity contribution < 1.29 is 14.7 Å². The lowest BCUT2D eigenvalue weighted by atomic mass is 10.0. The molecule has 1 unspecified atom stereocenters. The van der Waals surface area contributed by atoms with Gasteiger partial charge in [-0.2, -0.15) is 5.10 Å². The molecule has 0 saturated carbocycles. The number of hydrogen-bond donors (Lipinski definition) is 1. The fourth-order valence-electron chi connectivity index (χ4n) is 3.63. The predicted octanol–water partition coefficient (Wildman–Crippen LogP) is -0.356. The van der Waals surface area contributed by atoms with Crippen molar-refractivity contribution in [2.45, 2.75) is 32.4 Å². The SMILES string of the molecule is CCn1cc(C(=O)N2CCC(O)(CN3CCN(C(C)=O)CC3)C2)cn1. The molecule has 2 aliphatic rings. The maximum atomic E-state index is 12.6. The van der Waals surface area contributed by atoms with Gasteiger partial charge in [0.1, 0.15) is 0 Å². The van der Waals surface area contributed by atoms with Crippen molar-refractivity contribution in [3.05, 3.63) is 18.0 Å². The quantitative estimate of drug-likeness (QED) is 0.803. The van der Waals surface area contributed by atoms with Crippen LogP contribution in [0, 0.1) is 0 Å². The van der Waals surface area contributed by atoms with Gasteiger partial charge in [-0.1, -0.05) is 0 Å². The molecule has 3 rings (SSSR count). The first-order chi connectivity index (χ1) is 11.9. The molecule has 1 aromatic heterocycles. The number of aromatic nitrogens is 2. The third-order valence-electron chi connectivity index (χ3n) is 5.16. The largest absolute Gasteiger partial charge is 0.387 e. The normalized spacial score (nSPS) is 24.8. The van der Waals surface area contributed by atoms with E-state index in [0.717, 1.165) is 19.6 Å². The van der Waals surface area contributed by atoms with Crippen molar-refractivity contribution in [3.63, 3.8) is 0 Å². The maximum absolute atomic E-state index is 12.6. The average Bonchev–Trinajstić information content (AvgIpc) is 3.21. The summed E-state index contributed by atoms with van der Waals surface area (Å²) < 4.78 is 1.73. The third kappa shape index (κ3) is 4.01. The van der Waals surface area contributed by atoms with E-state index in [9.17, 15) is 14.7 Å². The van der Waals surface area contributed by atoms with E-state index in [2.05, 4.69) is 10.00 Å². The molecule has 0 aromatic carbocycles. The zero-order chi connectivity index (χ0) is 18.0. The van der Waals surface area contributed by atoms with Crippen LogP contribution in [0.3, 0.4) is 0 Å². The van der Waals surface area contributed by atoms with Gasteiger partial charge in [-0.3, -0.25) is 19.2 Å². The molecule has 1 N–H and O–H groups in total. The molecule has 2 fully saturated rings. The highest BCUT2D eigenvalue weighted by Crippen LogP contribution is 2.24. The Morgan fingerprint density at radius 3 is 2.52 bits per heavy atom. The number of likely N-dealkylation sites (tertiary alicyclic amines) is 1. The Labute approximate surface area is 148 Å². The van der Waals surface area contributed by atoms with Gasteiger partial charge in [0.2, 0.25) is 5.91 Å². The van der Waals surface area contributed by atoms with E-state index in [1.54, 1.807) is 28.9 Å². The van der Waals surface area contributed by atoms with Gasteiger partial charge < -0.3 is 14.9 Å². The minimum atomic E-state index is -0.880. The molecule has 138 valence electrons. The number of β-amino-alcohol motifs (C(OH)–C–C–N with tert-alkyl or cyclic N) is 1. The number of carbonyl (C=O) groups is 2. The maximum Gasteiger partial charge on any atom is 0.257 e. The van der Waals surface area contributed by atoms with Gasteiger partial charge in [-0.15, -0.1) is 0 Å². The van der Waals surface area contributed by atoms with Gasteiger partial charge in [-0.25, -0.2) is 0 Å². The number of hydrogen-bond acceptors (Lipinski definition) is 5. The highest BCUT2D eigenvalue weighted by Gasteiger charge is 2.40. The lowest BCUT2D eigenvalue weighted by Gasteiger charge is -2.37. The number of aliphatic hydroxyl groups is 1. The monoisotopic (exact) mass is 349 g/mol. The highest BCUT2D eigenvalue weighted by molar-refractivity contribution is 5.94. The van der Waals surface area contributed by atoms with Crippen LogP contribution in [0.15, 0.2) is 12.4 Å². The van der Waals surface area contributed by atoms with Crippen LogP contribution in [0.25, 0.3) is 0 Å². The Morgan fingerprint density at radius 2 is 1.92 bits per heavy atom. The molecule has 2 amide bonds. The lowest BCUT2D eigenvalue weighted by molar-refractivity contribution is -0.130. The summed E-state index contributed by atoms with van der Waals surface area (Å²) in [6.45, 7) is 8.65. The van der Waals surface area contributed by atoms with Gasteiger partial charge in [0.25, 0.3) is 5.91 Å². The molecular formula is C17H27N5O3. The number of piperazine rings is 1. The van der Waals surface area contributed by atoms with Crippen LogP contribution in [-0.2, 0) is 11.3 Å². The van der Waals surface area contributed by atoms with Crippen LogP contribution in [-0.4, -0.2) is 92.8 Å². The van der Waals surface area contributed by atoms with Gasteiger partial charge in [0.05, 0.1) is 23.9 Å². The molecule has 0 aliphatic carbocycles. The van der Waals surface area contributed by atoms with Crippen LogP contribution < -0.4 is 0 Å². The Morgan fingerprint density at radius 1 is 1.20 bits per heavy atom. The Balaban J connectivity index is 1.54. The lowest BCUT2D eigenvalue weighted by Crippen LogP contribution is -2.53. The van der Waals surface area contributed by atoms with E-state index >= 15 is 0 Å². The molecule has 25 heavy (non-hydrogen) atoms. The second kappa shape index (κ2) is 7.13. The summed E-state index contributed by atoms with van der Waals surface area (Å²) in [5, 5.41) is 15.0. The average molecular weight is 349 g/mol. The third-order valence-corrected chi connectivity index (χ3v) is 5.16. The molecule has 1 aromatic rings. The summed E-state index contributed by atoms with van der Waals surface area (Å²) in [6.07, 6.45) is 3.92. The number of nitrogens with zero attached hydrogens (tertiary/aromatic N) is 5. The van der Waals surface area contributed by atoms with Crippen molar-refractivity contribution in [2.75, 3.05) is 45.8 Å². The van der Waals surface area contributed by atoms with E-state index in [1.165, 1.54) is 0 Å². The van der Waals surface area contributed by atoms with Crippen molar-refractivity contribution in [1.82, 2.24) is 24.5 Å². The van der Waals surface area contributed by atoms with E-state index in [1.807, 2.05) is 11.8 Å². The summed E-state index contributed by atoms with van der Waals surface area (Å²) in [7, 11) is 0.